The van der Waals surface area contributed by atoms with E-state index in [0.29, 0.717) is 29.9 Å². The van der Waals surface area contributed by atoms with Crippen molar-refractivity contribution >= 4 is 16.8 Å². The molecule has 7 heteroatoms. The molecule has 1 aliphatic carbocycles. The molecule has 1 N–H and O–H groups in total. The Bertz CT molecular complexity index is 1310. The molecule has 0 aliphatic heterocycles. The first-order chi connectivity index (χ1) is 15.2. The standard InChI is InChI=1S/C24H22N4O3/c29-22-15-17-8-4-5-9-20(17)26-28(22)13-12-25-24(30)18-10-11-21-19(14-18)23(31-27-21)16-6-2-1-3-7-16/h1-3,6-7,10-11,14-15H,4-5,8-9,12-13H2,(H,25,30). The van der Waals surface area contributed by atoms with Gasteiger partial charge in [-0.05, 0) is 49.4 Å². The first-order valence-corrected chi connectivity index (χ1v) is 10.5. The van der Waals surface area contributed by atoms with Crippen molar-refractivity contribution < 1.29 is 9.32 Å². The van der Waals surface area contributed by atoms with Crippen molar-refractivity contribution in [1.29, 1.82) is 0 Å². The average molecular weight is 414 g/mol. The maximum atomic E-state index is 12.7. The van der Waals surface area contributed by atoms with Crippen LogP contribution in [0.4, 0.5) is 0 Å². The third kappa shape index (κ3) is 3.86. The Labute approximate surface area is 178 Å². The molecule has 0 saturated heterocycles. The van der Waals surface area contributed by atoms with Gasteiger partial charge in [-0.2, -0.15) is 5.10 Å². The third-order valence-corrected chi connectivity index (χ3v) is 5.66. The molecule has 0 saturated carbocycles. The van der Waals surface area contributed by atoms with E-state index in [1.54, 1.807) is 24.3 Å². The van der Waals surface area contributed by atoms with Crippen LogP contribution in [0.2, 0.25) is 0 Å². The summed E-state index contributed by atoms with van der Waals surface area (Å²) in [6.07, 6.45) is 4.04. The second-order valence-corrected chi connectivity index (χ2v) is 7.75. The van der Waals surface area contributed by atoms with Gasteiger partial charge in [0.15, 0.2) is 5.76 Å². The molecule has 5 rings (SSSR count). The van der Waals surface area contributed by atoms with Crippen LogP contribution in [0.1, 0.15) is 34.5 Å². The van der Waals surface area contributed by atoms with Crippen molar-refractivity contribution in [2.24, 2.45) is 0 Å². The van der Waals surface area contributed by atoms with E-state index in [1.165, 1.54) is 4.68 Å². The lowest BCUT2D eigenvalue weighted by Gasteiger charge is -2.16. The van der Waals surface area contributed by atoms with Crippen molar-refractivity contribution in [2.75, 3.05) is 6.54 Å². The lowest BCUT2D eigenvalue weighted by Crippen LogP contribution is -2.33. The SMILES string of the molecule is O=C(NCCn1nc2c(cc1=O)CCCC2)c1ccc2noc(-c3ccccc3)c2c1. The average Bonchev–Trinajstić information content (AvgIpc) is 3.23. The molecule has 2 aromatic carbocycles. The number of rotatable bonds is 5. The number of nitrogens with one attached hydrogen (secondary N) is 1. The van der Waals surface area contributed by atoms with Crippen LogP contribution in [0, 0.1) is 0 Å². The van der Waals surface area contributed by atoms with Crippen molar-refractivity contribution in [3.8, 4) is 11.3 Å². The van der Waals surface area contributed by atoms with Gasteiger partial charge in [0.25, 0.3) is 11.5 Å². The molecule has 4 aromatic rings. The van der Waals surface area contributed by atoms with Gasteiger partial charge in [0.2, 0.25) is 0 Å². The number of hydrogen-bond donors (Lipinski definition) is 1. The zero-order chi connectivity index (χ0) is 21.2. The molecule has 156 valence electrons. The third-order valence-electron chi connectivity index (χ3n) is 5.66. The molecule has 31 heavy (non-hydrogen) atoms. The summed E-state index contributed by atoms with van der Waals surface area (Å²) in [5.74, 6) is 0.420. The maximum absolute atomic E-state index is 12.7. The highest BCUT2D eigenvalue weighted by atomic mass is 16.5. The van der Waals surface area contributed by atoms with Crippen molar-refractivity contribution in [2.45, 2.75) is 32.2 Å². The van der Waals surface area contributed by atoms with Crippen LogP contribution in [0.3, 0.4) is 0 Å². The number of aromatic nitrogens is 3. The number of benzene rings is 2. The van der Waals surface area contributed by atoms with Crippen molar-refractivity contribution in [3.63, 3.8) is 0 Å². The first-order valence-electron chi connectivity index (χ1n) is 10.5. The molecule has 1 aliphatic rings. The Morgan fingerprint density at radius 1 is 1.06 bits per heavy atom. The maximum Gasteiger partial charge on any atom is 0.267 e. The summed E-state index contributed by atoms with van der Waals surface area (Å²) in [5, 5.41) is 12.2. The molecular formula is C24H22N4O3. The van der Waals surface area contributed by atoms with E-state index < -0.39 is 0 Å². The molecule has 2 heterocycles. The number of nitrogens with zero attached hydrogens (tertiary/aromatic N) is 3. The molecule has 0 atom stereocenters. The smallest absolute Gasteiger partial charge is 0.267 e. The molecular weight excluding hydrogens is 392 g/mol. The molecule has 1 amide bonds. The Morgan fingerprint density at radius 2 is 1.90 bits per heavy atom. The largest absolute Gasteiger partial charge is 0.355 e. The van der Waals surface area contributed by atoms with Crippen LogP contribution in [0.25, 0.3) is 22.2 Å². The Kier molecular flexibility index (Phi) is 5.08. The first kappa shape index (κ1) is 19.2. The second-order valence-electron chi connectivity index (χ2n) is 7.75. The van der Waals surface area contributed by atoms with Crippen LogP contribution in [-0.4, -0.2) is 27.4 Å². The summed E-state index contributed by atoms with van der Waals surface area (Å²) in [6.45, 7) is 0.653. The predicted octanol–water partition coefficient (Wildman–Crippen LogP) is 3.36. The van der Waals surface area contributed by atoms with E-state index in [-0.39, 0.29) is 11.5 Å². The normalized spacial score (nSPS) is 13.2. The molecule has 0 fully saturated rings. The van der Waals surface area contributed by atoms with Crippen LogP contribution < -0.4 is 10.9 Å². The second kappa shape index (κ2) is 8.18. The molecule has 7 nitrogen and oxygen atoms in total. The number of amides is 1. The summed E-state index contributed by atoms with van der Waals surface area (Å²) in [6, 6.07) is 16.6. The lowest BCUT2D eigenvalue weighted by molar-refractivity contribution is 0.0952. The lowest BCUT2D eigenvalue weighted by atomic mass is 9.97. The van der Waals surface area contributed by atoms with E-state index >= 15 is 0 Å². The monoisotopic (exact) mass is 414 g/mol. The fourth-order valence-corrected chi connectivity index (χ4v) is 4.02. The van der Waals surface area contributed by atoms with Crippen molar-refractivity contribution in [1.82, 2.24) is 20.3 Å². The highest BCUT2D eigenvalue weighted by Crippen LogP contribution is 2.29. The fourth-order valence-electron chi connectivity index (χ4n) is 4.02. The van der Waals surface area contributed by atoms with E-state index in [4.69, 9.17) is 4.52 Å². The summed E-state index contributed by atoms with van der Waals surface area (Å²) in [5.41, 5.74) is 4.06. The highest BCUT2D eigenvalue weighted by Gasteiger charge is 2.15. The highest BCUT2D eigenvalue weighted by molar-refractivity contribution is 6.00. The number of aryl methyl sites for hydroxylation is 2. The van der Waals surface area contributed by atoms with Crippen LogP contribution in [-0.2, 0) is 19.4 Å². The zero-order valence-electron chi connectivity index (χ0n) is 17.0. The van der Waals surface area contributed by atoms with Gasteiger partial charge in [0, 0.05) is 23.7 Å². The van der Waals surface area contributed by atoms with Crippen LogP contribution in [0.15, 0.2) is 63.9 Å². The Balaban J connectivity index is 1.30. The van der Waals surface area contributed by atoms with Gasteiger partial charge in [-0.15, -0.1) is 0 Å². The van der Waals surface area contributed by atoms with E-state index in [9.17, 15) is 9.59 Å². The summed E-state index contributed by atoms with van der Waals surface area (Å²) < 4.78 is 6.95. The van der Waals surface area contributed by atoms with Crippen LogP contribution >= 0.6 is 0 Å². The zero-order valence-corrected chi connectivity index (χ0v) is 17.0. The molecule has 0 radical (unpaired) electrons. The molecule has 0 unspecified atom stereocenters. The van der Waals surface area contributed by atoms with Crippen molar-refractivity contribution in [3.05, 3.63) is 81.8 Å². The Hall–Kier alpha value is -3.74. The van der Waals surface area contributed by atoms with Gasteiger partial charge >= 0.3 is 0 Å². The fraction of sp³-hybridized carbons (Fsp3) is 0.250. The number of fused-ring (bicyclic) bond motifs is 2. The van der Waals surface area contributed by atoms with Gasteiger partial charge in [0.05, 0.1) is 17.6 Å². The minimum absolute atomic E-state index is 0.117. The summed E-state index contributed by atoms with van der Waals surface area (Å²) in [4.78, 5) is 25.0. The van der Waals surface area contributed by atoms with Gasteiger partial charge in [0.1, 0.15) is 5.52 Å². The minimum atomic E-state index is -0.215. The van der Waals surface area contributed by atoms with E-state index in [1.807, 2.05) is 30.3 Å². The Morgan fingerprint density at radius 3 is 2.77 bits per heavy atom. The van der Waals surface area contributed by atoms with E-state index in [0.717, 1.165) is 47.9 Å². The van der Waals surface area contributed by atoms with Gasteiger partial charge < -0.3 is 9.84 Å². The predicted molar refractivity (Wildman–Crippen MR) is 117 cm³/mol. The number of carbonyl (C=O) groups is 1. The summed E-state index contributed by atoms with van der Waals surface area (Å²) in [7, 11) is 0. The number of carbonyl (C=O) groups excluding carboxylic acids is 1. The van der Waals surface area contributed by atoms with Crippen LogP contribution in [0.5, 0.6) is 0 Å². The van der Waals surface area contributed by atoms with Gasteiger partial charge in [-0.1, -0.05) is 35.5 Å². The van der Waals surface area contributed by atoms with E-state index in [2.05, 4.69) is 15.6 Å². The van der Waals surface area contributed by atoms with Gasteiger partial charge in [-0.3, -0.25) is 9.59 Å². The molecule has 2 aromatic heterocycles. The molecule has 0 spiro atoms. The molecule has 0 bridgehead atoms. The minimum Gasteiger partial charge on any atom is -0.355 e. The van der Waals surface area contributed by atoms with Gasteiger partial charge in [-0.25, -0.2) is 4.68 Å². The quantitative estimate of drug-likeness (QED) is 0.541. The number of hydrogen-bond acceptors (Lipinski definition) is 5. The summed E-state index contributed by atoms with van der Waals surface area (Å²) >= 11 is 0. The topological polar surface area (TPSA) is 90.0 Å².